The molecule has 4 N–H and O–H groups in total. The molecule has 11 nitrogen and oxygen atoms in total. The van der Waals surface area contributed by atoms with Gasteiger partial charge in [-0.05, 0) is 29.8 Å². The summed E-state index contributed by atoms with van der Waals surface area (Å²) in [5, 5.41) is 8.41. The maximum absolute atomic E-state index is 12.7. The molecule has 0 aliphatic carbocycles. The molecular weight excluding hydrogens is 416 g/mol. The largest absolute Gasteiger partial charge is 0.463 e. The van der Waals surface area contributed by atoms with Crippen LogP contribution in [0.25, 0.3) is 22.1 Å². The van der Waals surface area contributed by atoms with Crippen LogP contribution in [-0.4, -0.2) is 26.6 Å². The molecule has 0 saturated carbocycles. The summed E-state index contributed by atoms with van der Waals surface area (Å²) in [5.41, 5.74) is 0.371. The molecule has 0 radical (unpaired) electrons. The van der Waals surface area contributed by atoms with Crippen molar-refractivity contribution in [2.75, 3.05) is 9.44 Å². The maximum atomic E-state index is 12.7. The molecule has 0 spiro atoms. The highest BCUT2D eigenvalue weighted by molar-refractivity contribution is 7.88. The number of anilines is 2. The van der Waals surface area contributed by atoms with Gasteiger partial charge in [-0.15, -0.1) is 0 Å². The second kappa shape index (κ2) is 7.21. The lowest BCUT2D eigenvalue weighted by atomic mass is 10.1. The molecule has 0 fully saturated rings. The quantitative estimate of drug-likeness (QED) is 0.259. The Morgan fingerprint density at radius 3 is 2.18 bits per heavy atom. The second-order valence-corrected chi connectivity index (χ2v) is 7.89. The molecule has 0 bridgehead atoms. The lowest BCUT2D eigenvalue weighted by Gasteiger charge is -2.07. The third-order valence-corrected chi connectivity index (χ3v) is 4.73. The van der Waals surface area contributed by atoms with Gasteiger partial charge < -0.3 is 4.42 Å². The number of hydrogen-bond donors (Lipinski definition) is 4. The third-order valence-electron chi connectivity index (χ3n) is 3.56. The Kier molecular flexibility index (Phi) is 5.10. The van der Waals surface area contributed by atoms with E-state index in [0.717, 1.165) is 6.26 Å². The van der Waals surface area contributed by atoms with Crippen LogP contribution < -0.4 is 14.9 Å². The van der Waals surface area contributed by atoms with Gasteiger partial charge in [0.1, 0.15) is 11.8 Å². The van der Waals surface area contributed by atoms with Crippen LogP contribution in [0, 0.1) is 0 Å². The average Bonchev–Trinajstić information content (AvgIpc) is 2.61. The van der Waals surface area contributed by atoms with Gasteiger partial charge in [-0.1, -0.05) is 16.5 Å². The number of nitrogens with one attached hydrogen (secondary N) is 2. The molecule has 1 heterocycles. The summed E-state index contributed by atoms with van der Waals surface area (Å²) in [6, 6.07) is 9.43. The van der Waals surface area contributed by atoms with Crippen molar-refractivity contribution in [1.82, 2.24) is 0 Å². The second-order valence-electron chi connectivity index (χ2n) is 5.47. The first kappa shape index (κ1) is 19.8. The Hall–Kier alpha value is -2.97. The topological polar surface area (TPSA) is 172 Å². The van der Waals surface area contributed by atoms with Gasteiger partial charge in [0.25, 0.3) is 0 Å². The van der Waals surface area contributed by atoms with Crippen molar-refractivity contribution >= 4 is 43.0 Å². The lowest BCUT2D eigenvalue weighted by molar-refractivity contribution is -0.129. The fourth-order valence-corrected chi connectivity index (χ4v) is 3.31. The van der Waals surface area contributed by atoms with Gasteiger partial charge in [0, 0.05) is 6.07 Å². The van der Waals surface area contributed by atoms with Gasteiger partial charge in [0.15, 0.2) is 5.43 Å². The van der Waals surface area contributed by atoms with Gasteiger partial charge in [0.05, 0.1) is 22.3 Å². The summed E-state index contributed by atoms with van der Waals surface area (Å²) >= 11 is 0. The monoisotopic (exact) mass is 428 g/mol. The van der Waals surface area contributed by atoms with Crippen LogP contribution in [0.1, 0.15) is 0 Å². The minimum atomic E-state index is -4.47. The zero-order chi connectivity index (χ0) is 20.5. The number of benzene rings is 2. The summed E-state index contributed by atoms with van der Waals surface area (Å²) in [6.07, 6.45) is 1.16. The molecule has 3 aromatic rings. The highest BCUT2D eigenvalue weighted by Gasteiger charge is 2.13. The lowest BCUT2D eigenvalue weighted by Crippen LogP contribution is -2.14. The SMILES string of the molecule is O=c1c(-c2ccc(NS(=O)(=O)OO)cc2)coc2cc(NS(=O)(=O)O)ccc12. The predicted molar refractivity (Wildman–Crippen MR) is 99.3 cm³/mol. The van der Waals surface area contributed by atoms with Gasteiger partial charge in [-0.3, -0.25) is 18.8 Å². The van der Waals surface area contributed by atoms with Crippen molar-refractivity contribution in [2.45, 2.75) is 0 Å². The first-order valence-electron chi connectivity index (χ1n) is 7.35. The Morgan fingerprint density at radius 1 is 0.929 bits per heavy atom. The predicted octanol–water partition coefficient (Wildman–Crippen LogP) is 1.82. The molecule has 3 rings (SSSR count). The van der Waals surface area contributed by atoms with Crippen LogP contribution in [0.3, 0.4) is 0 Å². The van der Waals surface area contributed by atoms with Crippen molar-refractivity contribution < 1.29 is 35.4 Å². The summed E-state index contributed by atoms with van der Waals surface area (Å²) in [7, 11) is -8.81. The zero-order valence-corrected chi connectivity index (χ0v) is 15.3. The van der Waals surface area contributed by atoms with Crippen LogP contribution in [-0.2, 0) is 24.9 Å². The van der Waals surface area contributed by atoms with E-state index in [4.69, 9.17) is 14.2 Å². The number of rotatable bonds is 6. The van der Waals surface area contributed by atoms with E-state index in [2.05, 4.69) is 4.33 Å². The van der Waals surface area contributed by atoms with Gasteiger partial charge >= 0.3 is 20.6 Å². The van der Waals surface area contributed by atoms with Crippen LogP contribution >= 0.6 is 0 Å². The van der Waals surface area contributed by atoms with Crippen molar-refractivity contribution in [2.24, 2.45) is 0 Å². The highest BCUT2D eigenvalue weighted by atomic mass is 32.2. The van der Waals surface area contributed by atoms with Crippen molar-refractivity contribution in [3.8, 4) is 11.1 Å². The third kappa shape index (κ3) is 4.47. The van der Waals surface area contributed by atoms with E-state index in [0.29, 0.717) is 5.56 Å². The molecule has 13 heteroatoms. The van der Waals surface area contributed by atoms with Crippen molar-refractivity contribution in [1.29, 1.82) is 0 Å². The Labute approximate surface area is 158 Å². The standard InChI is InChI=1S/C15H12N2O9S2/c18-15-12-6-5-11(16-27(20,21)22)7-14(12)25-8-13(15)9-1-3-10(4-2-9)17-28(23,24)26-19/h1-8,16-17,19H,(H,20,21,22). The normalized spacial score (nSPS) is 12.1. The number of hydrogen-bond acceptors (Lipinski definition) is 8. The molecule has 1 aromatic heterocycles. The van der Waals surface area contributed by atoms with Crippen LogP contribution in [0.2, 0.25) is 0 Å². The van der Waals surface area contributed by atoms with Crippen LogP contribution in [0.4, 0.5) is 11.4 Å². The van der Waals surface area contributed by atoms with Crippen molar-refractivity contribution in [3.05, 3.63) is 59.0 Å². The summed E-state index contributed by atoms with van der Waals surface area (Å²) in [6.45, 7) is 0. The van der Waals surface area contributed by atoms with Crippen LogP contribution in [0.15, 0.2) is 57.9 Å². The average molecular weight is 428 g/mol. The van der Waals surface area contributed by atoms with E-state index in [-0.39, 0.29) is 27.9 Å². The molecule has 0 saturated heterocycles. The smallest absolute Gasteiger partial charge is 0.386 e. The Morgan fingerprint density at radius 2 is 1.57 bits per heavy atom. The molecule has 148 valence electrons. The van der Waals surface area contributed by atoms with E-state index in [9.17, 15) is 21.6 Å². The van der Waals surface area contributed by atoms with E-state index < -0.39 is 26.0 Å². The highest BCUT2D eigenvalue weighted by Crippen LogP contribution is 2.24. The fourth-order valence-electron chi connectivity index (χ4n) is 2.42. The molecule has 2 aromatic carbocycles. The zero-order valence-electron chi connectivity index (χ0n) is 13.7. The molecule has 0 atom stereocenters. The minimum Gasteiger partial charge on any atom is -0.463 e. The van der Waals surface area contributed by atoms with Gasteiger partial charge in [0.2, 0.25) is 0 Å². The van der Waals surface area contributed by atoms with Gasteiger partial charge in [-0.2, -0.15) is 16.8 Å². The molecular formula is C15H12N2O9S2. The van der Waals surface area contributed by atoms with Crippen LogP contribution in [0.5, 0.6) is 0 Å². The number of fused-ring (bicyclic) bond motifs is 1. The molecule has 0 amide bonds. The molecule has 0 aliphatic heterocycles. The Balaban J connectivity index is 1.97. The van der Waals surface area contributed by atoms with E-state index in [1.165, 1.54) is 42.5 Å². The van der Waals surface area contributed by atoms with E-state index in [1.807, 2.05) is 9.44 Å². The fraction of sp³-hybridized carbons (Fsp3) is 0. The van der Waals surface area contributed by atoms with E-state index in [1.54, 1.807) is 0 Å². The molecule has 0 aliphatic rings. The maximum Gasteiger partial charge on any atom is 0.386 e. The summed E-state index contributed by atoms with van der Waals surface area (Å²) < 4.78 is 65.3. The summed E-state index contributed by atoms with van der Waals surface area (Å²) in [4.78, 5) is 12.7. The van der Waals surface area contributed by atoms with Gasteiger partial charge in [-0.25, -0.2) is 5.26 Å². The van der Waals surface area contributed by atoms with Crippen molar-refractivity contribution in [3.63, 3.8) is 0 Å². The first-order chi connectivity index (χ1) is 13.1. The molecule has 28 heavy (non-hydrogen) atoms. The molecule has 0 unspecified atom stereocenters. The Bertz CT molecular complexity index is 1300. The first-order valence-corrected chi connectivity index (χ1v) is 10.2. The summed E-state index contributed by atoms with van der Waals surface area (Å²) in [5.74, 6) is 0. The van der Waals surface area contributed by atoms with E-state index >= 15 is 0 Å². The minimum absolute atomic E-state index is 0.00800.